The molecule has 2 heterocycles. The number of carbonyl (C=O) groups is 2. The van der Waals surface area contributed by atoms with Crippen LogP contribution in [-0.4, -0.2) is 37.0 Å². The summed E-state index contributed by atoms with van der Waals surface area (Å²) in [6, 6.07) is -0.585. The van der Waals surface area contributed by atoms with Gasteiger partial charge in [0.2, 0.25) is 16.9 Å². The van der Waals surface area contributed by atoms with Gasteiger partial charge in [0.25, 0.3) is 0 Å². The Hall–Kier alpha value is -2.29. The summed E-state index contributed by atoms with van der Waals surface area (Å²) in [4.78, 5) is 27.9. The topological polar surface area (TPSA) is 102 Å². The maximum absolute atomic E-state index is 12.3. The highest BCUT2D eigenvalue weighted by atomic mass is 32.1. The Balaban J connectivity index is 2.06. The molecular weight excluding hydrogens is 316 g/mol. The van der Waals surface area contributed by atoms with Gasteiger partial charge in [0.1, 0.15) is 6.04 Å². The molecule has 2 aromatic rings. The van der Waals surface area contributed by atoms with Crippen LogP contribution in [0.4, 0.5) is 5.13 Å². The van der Waals surface area contributed by atoms with Crippen LogP contribution in [0, 0.1) is 5.92 Å². The summed E-state index contributed by atoms with van der Waals surface area (Å²) < 4.78 is 5.87. The number of nitrogens with one attached hydrogen (secondary N) is 2. The summed E-state index contributed by atoms with van der Waals surface area (Å²) in [5, 5.41) is 9.84. The fourth-order valence-corrected chi connectivity index (χ4v) is 2.66. The van der Waals surface area contributed by atoms with Crippen LogP contribution in [0.2, 0.25) is 0 Å². The second kappa shape index (κ2) is 7.32. The highest BCUT2D eigenvalue weighted by Gasteiger charge is 2.22. The Morgan fingerprint density at radius 3 is 2.70 bits per heavy atom. The van der Waals surface area contributed by atoms with E-state index in [4.69, 9.17) is 0 Å². The minimum atomic E-state index is -0.585. The lowest BCUT2D eigenvalue weighted by Crippen LogP contribution is -2.43. The van der Waals surface area contributed by atoms with Gasteiger partial charge < -0.3 is 5.32 Å². The molecule has 0 aliphatic heterocycles. The minimum Gasteiger partial charge on any atom is -0.345 e. The van der Waals surface area contributed by atoms with E-state index < -0.39 is 6.04 Å². The number of hydrogen-bond donors (Lipinski definition) is 2. The second-order valence-electron chi connectivity index (χ2n) is 5.70. The molecule has 1 atom stereocenters. The quantitative estimate of drug-likeness (QED) is 0.831. The molecule has 0 saturated heterocycles. The Labute approximate surface area is 138 Å². The molecule has 2 aromatic heterocycles. The molecule has 2 rings (SSSR count). The zero-order chi connectivity index (χ0) is 17.0. The van der Waals surface area contributed by atoms with Crippen molar-refractivity contribution < 1.29 is 9.59 Å². The smallest absolute Gasteiger partial charge is 0.248 e. The second-order valence-corrected chi connectivity index (χ2v) is 6.45. The molecule has 0 aliphatic carbocycles. The number of rotatable bonds is 6. The predicted molar refractivity (Wildman–Crippen MR) is 87.8 cm³/mol. The van der Waals surface area contributed by atoms with Crippen LogP contribution in [0.15, 0.2) is 12.4 Å². The van der Waals surface area contributed by atoms with Gasteiger partial charge in [-0.05, 0) is 12.3 Å². The predicted octanol–water partition coefficient (Wildman–Crippen LogP) is 1.43. The van der Waals surface area contributed by atoms with Crippen molar-refractivity contribution in [2.24, 2.45) is 13.0 Å². The maximum Gasteiger partial charge on any atom is 0.248 e. The van der Waals surface area contributed by atoms with Crippen molar-refractivity contribution >= 4 is 28.5 Å². The molecule has 0 radical (unpaired) electrons. The first kappa shape index (κ1) is 17.1. The summed E-state index contributed by atoms with van der Waals surface area (Å²) in [7, 11) is 1.81. The fraction of sp³-hybridized carbons (Fsp3) is 0.500. The summed E-state index contributed by atoms with van der Waals surface area (Å²) >= 11 is 1.09. The van der Waals surface area contributed by atoms with E-state index in [0.717, 1.165) is 17.1 Å². The van der Waals surface area contributed by atoms with Gasteiger partial charge in [-0.25, -0.2) is 0 Å². The van der Waals surface area contributed by atoms with Crippen molar-refractivity contribution in [3.63, 3.8) is 0 Å². The van der Waals surface area contributed by atoms with E-state index in [0.29, 0.717) is 17.4 Å². The van der Waals surface area contributed by atoms with Crippen molar-refractivity contribution in [1.82, 2.24) is 24.5 Å². The summed E-state index contributed by atoms with van der Waals surface area (Å²) in [6.07, 6.45) is 4.01. The van der Waals surface area contributed by atoms with E-state index in [1.165, 1.54) is 6.92 Å². The average molecular weight is 336 g/mol. The number of hydrogen-bond acceptors (Lipinski definition) is 6. The third-order valence-corrected chi connectivity index (χ3v) is 3.65. The molecule has 0 aromatic carbocycles. The lowest BCUT2D eigenvalue weighted by Gasteiger charge is -2.18. The summed E-state index contributed by atoms with van der Waals surface area (Å²) in [6.45, 7) is 5.38. The van der Waals surface area contributed by atoms with Crippen molar-refractivity contribution in [3.05, 3.63) is 12.4 Å². The molecular formula is C14H20N6O2S. The molecule has 23 heavy (non-hydrogen) atoms. The third kappa shape index (κ3) is 4.85. The van der Waals surface area contributed by atoms with Gasteiger partial charge in [-0.3, -0.25) is 19.6 Å². The Morgan fingerprint density at radius 2 is 2.13 bits per heavy atom. The molecule has 0 unspecified atom stereocenters. The van der Waals surface area contributed by atoms with Crippen molar-refractivity contribution in [1.29, 1.82) is 0 Å². The fourth-order valence-electron chi connectivity index (χ4n) is 2.07. The van der Waals surface area contributed by atoms with Gasteiger partial charge >= 0.3 is 0 Å². The normalized spacial score (nSPS) is 12.2. The molecule has 9 heteroatoms. The summed E-state index contributed by atoms with van der Waals surface area (Å²) in [5.74, 6) is 0.262. The number of anilines is 1. The van der Waals surface area contributed by atoms with Crippen LogP contribution >= 0.6 is 11.5 Å². The lowest BCUT2D eigenvalue weighted by molar-refractivity contribution is -0.125. The standard InChI is InChI=1S/C14H20N6O2S/c1-8(2)5-11(16-9(3)21)13(22)18-14-17-12(19-23-14)10-6-15-20(4)7-10/h6-8,11H,5H2,1-4H3,(H,16,21)(H,17,18,19,22)/t11-/m0/s1. The molecule has 0 aliphatic rings. The zero-order valence-electron chi connectivity index (χ0n) is 13.5. The van der Waals surface area contributed by atoms with Gasteiger partial charge in [-0.15, -0.1) is 0 Å². The molecule has 0 bridgehead atoms. The van der Waals surface area contributed by atoms with Gasteiger partial charge in [0.05, 0.1) is 11.8 Å². The molecule has 0 spiro atoms. The van der Waals surface area contributed by atoms with Crippen LogP contribution in [0.25, 0.3) is 11.4 Å². The average Bonchev–Trinajstić information content (AvgIpc) is 3.05. The third-order valence-electron chi connectivity index (χ3n) is 3.02. The first-order chi connectivity index (χ1) is 10.8. The lowest BCUT2D eigenvalue weighted by atomic mass is 10.0. The maximum atomic E-state index is 12.3. The highest BCUT2D eigenvalue weighted by Crippen LogP contribution is 2.20. The number of aryl methyl sites for hydroxylation is 1. The van der Waals surface area contributed by atoms with Crippen LogP contribution < -0.4 is 10.6 Å². The first-order valence-electron chi connectivity index (χ1n) is 7.26. The van der Waals surface area contributed by atoms with E-state index in [9.17, 15) is 9.59 Å². The molecule has 124 valence electrons. The number of carbonyl (C=O) groups excluding carboxylic acids is 2. The van der Waals surface area contributed by atoms with E-state index in [2.05, 4.69) is 25.1 Å². The van der Waals surface area contributed by atoms with Crippen molar-refractivity contribution in [2.75, 3.05) is 5.32 Å². The van der Waals surface area contributed by atoms with E-state index >= 15 is 0 Å². The number of amides is 2. The van der Waals surface area contributed by atoms with Crippen molar-refractivity contribution in [3.8, 4) is 11.4 Å². The Morgan fingerprint density at radius 1 is 1.39 bits per heavy atom. The van der Waals surface area contributed by atoms with Crippen molar-refractivity contribution in [2.45, 2.75) is 33.2 Å². The molecule has 2 N–H and O–H groups in total. The van der Waals surface area contributed by atoms with E-state index in [-0.39, 0.29) is 17.7 Å². The summed E-state index contributed by atoms with van der Waals surface area (Å²) in [5.41, 5.74) is 0.782. The SMILES string of the molecule is CC(=O)N[C@@H](CC(C)C)C(=O)Nc1nc(-c2cnn(C)c2)ns1. The Kier molecular flexibility index (Phi) is 5.43. The van der Waals surface area contributed by atoms with Gasteiger partial charge in [-0.1, -0.05) is 13.8 Å². The zero-order valence-corrected chi connectivity index (χ0v) is 14.3. The van der Waals surface area contributed by atoms with Crippen LogP contribution in [0.1, 0.15) is 27.2 Å². The largest absolute Gasteiger partial charge is 0.345 e. The number of aromatic nitrogens is 4. The Bertz CT molecular complexity index is 693. The van der Waals surface area contributed by atoms with E-state index in [1.807, 2.05) is 20.9 Å². The van der Waals surface area contributed by atoms with Gasteiger partial charge in [0, 0.05) is 31.7 Å². The van der Waals surface area contributed by atoms with Crippen LogP contribution in [0.3, 0.4) is 0 Å². The van der Waals surface area contributed by atoms with Gasteiger partial charge in [0.15, 0.2) is 5.82 Å². The van der Waals surface area contributed by atoms with Crippen LogP contribution in [0.5, 0.6) is 0 Å². The molecule has 0 saturated carbocycles. The molecule has 8 nitrogen and oxygen atoms in total. The first-order valence-corrected chi connectivity index (χ1v) is 8.03. The molecule has 0 fully saturated rings. The van der Waals surface area contributed by atoms with Gasteiger partial charge in [-0.2, -0.15) is 14.5 Å². The minimum absolute atomic E-state index is 0.237. The molecule has 2 amide bonds. The number of nitrogens with zero attached hydrogens (tertiary/aromatic N) is 4. The monoisotopic (exact) mass is 336 g/mol. The highest BCUT2D eigenvalue weighted by molar-refractivity contribution is 7.10. The van der Waals surface area contributed by atoms with Crippen LogP contribution in [-0.2, 0) is 16.6 Å². The van der Waals surface area contributed by atoms with E-state index in [1.54, 1.807) is 17.1 Å².